The van der Waals surface area contributed by atoms with Gasteiger partial charge < -0.3 is 4.74 Å². The second-order valence-electron chi connectivity index (χ2n) is 7.60. The van der Waals surface area contributed by atoms with E-state index >= 15 is 0 Å². The molecule has 25 heavy (non-hydrogen) atoms. The molecule has 2 saturated heterocycles. The summed E-state index contributed by atoms with van der Waals surface area (Å²) >= 11 is 0. The Morgan fingerprint density at radius 3 is 2.76 bits per heavy atom. The minimum atomic E-state index is -3.54. The van der Waals surface area contributed by atoms with Crippen molar-refractivity contribution in [2.45, 2.75) is 59.9 Å². The summed E-state index contributed by atoms with van der Waals surface area (Å²) in [6.07, 6.45) is 5.98. The predicted octanol–water partition coefficient (Wildman–Crippen LogP) is 2.08. The Hall–Kier alpha value is -1.66. The van der Waals surface area contributed by atoms with E-state index in [0.29, 0.717) is 16.9 Å². The maximum atomic E-state index is 13.3. The average Bonchev–Trinajstić information content (AvgIpc) is 3.10. The number of nitrogens with zero attached hydrogens (tertiary/aromatic N) is 1. The number of benzene rings is 1. The van der Waals surface area contributed by atoms with Crippen molar-refractivity contribution in [1.82, 2.24) is 4.90 Å². The zero-order valence-corrected chi connectivity index (χ0v) is 14.7. The molecule has 3 heterocycles. The van der Waals surface area contributed by atoms with Gasteiger partial charge in [-0.15, -0.1) is 0 Å². The number of esters is 1. The van der Waals surface area contributed by atoms with Crippen LogP contribution in [0, 0.1) is 0 Å². The van der Waals surface area contributed by atoms with E-state index in [4.69, 9.17) is 4.74 Å². The van der Waals surface area contributed by atoms with Gasteiger partial charge in [-0.3, -0.25) is 4.90 Å². The van der Waals surface area contributed by atoms with E-state index in [2.05, 4.69) is 4.90 Å². The van der Waals surface area contributed by atoms with Gasteiger partial charge in [0.2, 0.25) is 0 Å². The minimum absolute atomic E-state index is 0.139. The molecule has 2 bridgehead atoms. The van der Waals surface area contributed by atoms with E-state index in [1.54, 1.807) is 24.3 Å². The van der Waals surface area contributed by atoms with E-state index in [9.17, 15) is 13.2 Å². The molecule has 1 spiro atoms. The van der Waals surface area contributed by atoms with Crippen LogP contribution in [0.25, 0.3) is 0 Å². The van der Waals surface area contributed by atoms with Gasteiger partial charge in [0.25, 0.3) is 0 Å². The molecule has 4 unspecified atom stereocenters. The highest BCUT2D eigenvalue weighted by Crippen LogP contribution is 2.55. The normalized spacial score (nSPS) is 37.2. The highest BCUT2D eigenvalue weighted by atomic mass is 32.2. The lowest BCUT2D eigenvalue weighted by Gasteiger charge is -2.39. The molecule has 1 saturated carbocycles. The lowest BCUT2D eigenvalue weighted by Crippen LogP contribution is -2.50. The molecule has 4 atom stereocenters. The lowest BCUT2D eigenvalue weighted by molar-refractivity contribution is -0.148. The summed E-state index contributed by atoms with van der Waals surface area (Å²) in [5, 5.41) is -0.661. The van der Waals surface area contributed by atoms with Gasteiger partial charge in [0.15, 0.2) is 15.4 Å². The molecule has 0 amide bonds. The van der Waals surface area contributed by atoms with Crippen LogP contribution in [-0.4, -0.2) is 48.8 Å². The van der Waals surface area contributed by atoms with Crippen molar-refractivity contribution in [3.05, 3.63) is 42.0 Å². The second-order valence-corrected chi connectivity index (χ2v) is 9.73. The molecule has 3 fully saturated rings. The molecule has 3 aliphatic heterocycles. The third kappa shape index (κ3) is 2.04. The monoisotopic (exact) mass is 359 g/mol. The van der Waals surface area contributed by atoms with E-state index in [1.807, 2.05) is 6.07 Å². The average molecular weight is 359 g/mol. The van der Waals surface area contributed by atoms with Crippen LogP contribution in [0.1, 0.15) is 32.1 Å². The van der Waals surface area contributed by atoms with Crippen LogP contribution < -0.4 is 0 Å². The number of hydrogen-bond acceptors (Lipinski definition) is 5. The van der Waals surface area contributed by atoms with Crippen LogP contribution in [-0.2, 0) is 19.4 Å². The third-order valence-electron chi connectivity index (χ3n) is 6.41. The smallest absolute Gasteiger partial charge is 0.331 e. The molecule has 4 aliphatic rings. The van der Waals surface area contributed by atoms with Gasteiger partial charge in [-0.25, -0.2) is 13.2 Å². The number of fused-ring (bicyclic) bond motifs is 3. The summed E-state index contributed by atoms with van der Waals surface area (Å²) < 4.78 is 32.5. The number of carbonyl (C=O) groups is 1. The van der Waals surface area contributed by atoms with E-state index in [1.165, 1.54) is 6.08 Å². The molecule has 6 heteroatoms. The fraction of sp³-hybridized carbons (Fsp3) is 0.526. The number of sulfone groups is 1. The Balaban J connectivity index is 1.63. The van der Waals surface area contributed by atoms with Gasteiger partial charge >= 0.3 is 5.97 Å². The molecule has 1 aromatic rings. The summed E-state index contributed by atoms with van der Waals surface area (Å²) in [5.41, 5.74) is -0.0144. The van der Waals surface area contributed by atoms with Crippen molar-refractivity contribution < 1.29 is 17.9 Å². The number of piperidine rings is 1. The zero-order valence-electron chi connectivity index (χ0n) is 13.9. The predicted molar refractivity (Wildman–Crippen MR) is 91.7 cm³/mol. The fourth-order valence-electron chi connectivity index (χ4n) is 5.46. The number of ether oxygens (including phenoxy) is 1. The SMILES string of the molecule is O=C1C=C2C(S(=O)(=O)c3ccccc3)CC3CC2(O1)C1CCCCN31. The second kappa shape index (κ2) is 5.17. The van der Waals surface area contributed by atoms with Crippen LogP contribution in [0.4, 0.5) is 0 Å². The number of hydrogen-bond donors (Lipinski definition) is 0. The van der Waals surface area contributed by atoms with Gasteiger partial charge in [0, 0.05) is 24.1 Å². The topological polar surface area (TPSA) is 63.7 Å². The van der Waals surface area contributed by atoms with Crippen molar-refractivity contribution in [2.75, 3.05) is 6.54 Å². The minimum Gasteiger partial charge on any atom is -0.450 e. The molecule has 1 aliphatic carbocycles. The van der Waals surface area contributed by atoms with E-state index in [-0.39, 0.29) is 18.1 Å². The third-order valence-corrected chi connectivity index (χ3v) is 8.54. The largest absolute Gasteiger partial charge is 0.450 e. The Bertz CT molecular complexity index is 863. The van der Waals surface area contributed by atoms with Crippen LogP contribution in [0.2, 0.25) is 0 Å². The van der Waals surface area contributed by atoms with Crippen molar-refractivity contribution in [2.24, 2.45) is 0 Å². The van der Waals surface area contributed by atoms with Crippen LogP contribution in [0.3, 0.4) is 0 Å². The van der Waals surface area contributed by atoms with Crippen LogP contribution >= 0.6 is 0 Å². The molecular formula is C19H21NO4S. The van der Waals surface area contributed by atoms with Crippen LogP contribution in [0.5, 0.6) is 0 Å². The summed E-state index contributed by atoms with van der Waals surface area (Å²) in [7, 11) is -3.54. The quantitative estimate of drug-likeness (QED) is 0.757. The summed E-state index contributed by atoms with van der Waals surface area (Å²) in [4.78, 5) is 14.9. The van der Waals surface area contributed by atoms with Crippen molar-refractivity contribution in [1.29, 1.82) is 0 Å². The first kappa shape index (κ1) is 15.6. The van der Waals surface area contributed by atoms with Gasteiger partial charge in [-0.05, 0) is 37.9 Å². The van der Waals surface area contributed by atoms with Crippen molar-refractivity contribution >= 4 is 15.8 Å². The molecule has 1 aromatic carbocycles. The molecule has 0 radical (unpaired) electrons. The van der Waals surface area contributed by atoms with Crippen molar-refractivity contribution in [3.8, 4) is 0 Å². The summed E-state index contributed by atoms with van der Waals surface area (Å²) in [6, 6.07) is 8.90. The Kier molecular flexibility index (Phi) is 3.23. The van der Waals surface area contributed by atoms with E-state index < -0.39 is 20.7 Å². The highest BCUT2D eigenvalue weighted by Gasteiger charge is 2.65. The van der Waals surface area contributed by atoms with Crippen molar-refractivity contribution in [3.63, 3.8) is 0 Å². The highest BCUT2D eigenvalue weighted by molar-refractivity contribution is 7.92. The van der Waals surface area contributed by atoms with Crippen LogP contribution in [0.15, 0.2) is 46.9 Å². The van der Waals surface area contributed by atoms with Gasteiger partial charge in [-0.2, -0.15) is 0 Å². The Morgan fingerprint density at radius 2 is 1.96 bits per heavy atom. The number of carbonyl (C=O) groups excluding carboxylic acids is 1. The maximum absolute atomic E-state index is 13.3. The van der Waals surface area contributed by atoms with Gasteiger partial charge in [0.05, 0.1) is 16.2 Å². The molecule has 0 aromatic heterocycles. The van der Waals surface area contributed by atoms with Gasteiger partial charge in [-0.1, -0.05) is 24.6 Å². The Labute approximate surface area is 147 Å². The molecule has 5 rings (SSSR count). The first-order chi connectivity index (χ1) is 12.0. The summed E-state index contributed by atoms with van der Waals surface area (Å²) in [5.74, 6) is -0.378. The first-order valence-electron chi connectivity index (χ1n) is 9.02. The standard InChI is InChI=1S/C19H21NO4S/c21-18-11-15-16(25(22,23)14-6-2-1-3-7-14)10-13-12-19(15,24-18)17-8-4-5-9-20(13)17/h1-3,6-7,11,13,16-17H,4-5,8-10,12H2. The zero-order chi connectivity index (χ0) is 17.2. The molecule has 0 N–H and O–H groups in total. The number of rotatable bonds is 2. The maximum Gasteiger partial charge on any atom is 0.331 e. The summed E-state index contributed by atoms with van der Waals surface area (Å²) in [6.45, 7) is 0.972. The molecule has 5 nitrogen and oxygen atoms in total. The van der Waals surface area contributed by atoms with Gasteiger partial charge in [0.1, 0.15) is 0 Å². The Morgan fingerprint density at radius 1 is 1.16 bits per heavy atom. The first-order valence-corrected chi connectivity index (χ1v) is 10.6. The fourth-order valence-corrected chi connectivity index (χ4v) is 7.40. The lowest BCUT2D eigenvalue weighted by atomic mass is 9.77. The molecular weight excluding hydrogens is 338 g/mol. The molecule has 132 valence electrons. The van der Waals surface area contributed by atoms with E-state index in [0.717, 1.165) is 32.2 Å².